The van der Waals surface area contributed by atoms with E-state index in [0.717, 1.165) is 55.8 Å². The molecule has 1 N–H and O–H groups in total. The number of benzene rings is 2. The second-order valence-electron chi connectivity index (χ2n) is 9.69. The monoisotopic (exact) mass is 478 g/mol. The van der Waals surface area contributed by atoms with Crippen molar-refractivity contribution in [2.45, 2.75) is 25.5 Å². The predicted octanol–water partition coefficient (Wildman–Crippen LogP) is 1.99. The minimum absolute atomic E-state index is 0.00338. The van der Waals surface area contributed by atoms with Crippen LogP contribution in [0.5, 0.6) is 0 Å². The molecular weight excluding hydrogens is 444 g/mol. The topological polar surface area (TPSA) is 76.6 Å². The number of fused-ring (bicyclic) bond motifs is 2. The largest absolute Gasteiger partial charge is 0.453 e. The van der Waals surface area contributed by atoms with Crippen LogP contribution in [0.4, 0.5) is 10.5 Å². The Morgan fingerprint density at radius 2 is 1.69 bits per heavy atom. The number of methoxy groups -OCH3 is 1. The van der Waals surface area contributed by atoms with Crippen LogP contribution in [-0.4, -0.2) is 97.4 Å². The fourth-order valence-corrected chi connectivity index (χ4v) is 5.49. The van der Waals surface area contributed by atoms with Gasteiger partial charge in [-0.3, -0.25) is 9.69 Å². The highest BCUT2D eigenvalue weighted by molar-refractivity contribution is 5.97. The summed E-state index contributed by atoms with van der Waals surface area (Å²) in [5.74, 6) is -0.00338. The van der Waals surface area contributed by atoms with Crippen molar-refractivity contribution in [3.8, 4) is 0 Å². The molecule has 35 heavy (non-hydrogen) atoms. The number of carbonyl (C=O) groups is 2. The van der Waals surface area contributed by atoms with Crippen LogP contribution < -0.4 is 4.90 Å². The third kappa shape index (κ3) is 5.13. The molecule has 2 amide bonds. The lowest BCUT2D eigenvalue weighted by atomic mass is 9.97. The normalized spacial score (nSPS) is 19.3. The Morgan fingerprint density at radius 1 is 0.943 bits per heavy atom. The van der Waals surface area contributed by atoms with Gasteiger partial charge >= 0.3 is 6.09 Å². The van der Waals surface area contributed by atoms with Gasteiger partial charge in [-0.05, 0) is 47.7 Å². The maximum absolute atomic E-state index is 13.2. The molecule has 186 valence electrons. The van der Waals surface area contributed by atoms with E-state index in [0.29, 0.717) is 32.7 Å². The van der Waals surface area contributed by atoms with Crippen LogP contribution in [0.25, 0.3) is 0 Å². The van der Waals surface area contributed by atoms with Gasteiger partial charge in [0.2, 0.25) is 0 Å². The first-order chi connectivity index (χ1) is 17.0. The number of aliphatic hydroxyl groups is 1. The molecule has 1 fully saturated rings. The SMILES string of the molecule is COC(=O)N1CCN(c2ccc3c(c2)CCN(C[C@H](O)CN2CCc4ccccc4C2)C3=O)CC1. The fraction of sp³-hybridized carbons (Fsp3) is 0.481. The van der Waals surface area contributed by atoms with Crippen LogP contribution in [0.3, 0.4) is 0 Å². The molecule has 2 aromatic rings. The first kappa shape index (κ1) is 23.6. The quantitative estimate of drug-likeness (QED) is 0.709. The predicted molar refractivity (Wildman–Crippen MR) is 134 cm³/mol. The van der Waals surface area contributed by atoms with Crippen LogP contribution >= 0.6 is 0 Å². The van der Waals surface area contributed by atoms with Gasteiger partial charge in [-0.2, -0.15) is 0 Å². The molecule has 0 bridgehead atoms. The molecule has 8 heteroatoms. The number of aliphatic hydroxyl groups excluding tert-OH is 1. The Labute approximate surface area is 206 Å². The number of anilines is 1. The summed E-state index contributed by atoms with van der Waals surface area (Å²) in [6.07, 6.45) is 0.920. The lowest BCUT2D eigenvalue weighted by Crippen LogP contribution is -2.49. The Balaban J connectivity index is 1.16. The molecule has 1 atom stereocenters. The van der Waals surface area contributed by atoms with Crippen molar-refractivity contribution in [2.24, 2.45) is 0 Å². The van der Waals surface area contributed by atoms with E-state index in [1.54, 1.807) is 9.80 Å². The number of hydrogen-bond acceptors (Lipinski definition) is 6. The van der Waals surface area contributed by atoms with Gasteiger partial charge in [-0.1, -0.05) is 24.3 Å². The summed E-state index contributed by atoms with van der Waals surface area (Å²) < 4.78 is 4.82. The molecule has 0 unspecified atom stereocenters. The Kier molecular flexibility index (Phi) is 6.92. The smallest absolute Gasteiger partial charge is 0.409 e. The van der Waals surface area contributed by atoms with Crippen molar-refractivity contribution in [1.82, 2.24) is 14.7 Å². The zero-order chi connectivity index (χ0) is 24.4. The highest BCUT2D eigenvalue weighted by Crippen LogP contribution is 2.26. The first-order valence-corrected chi connectivity index (χ1v) is 12.5. The lowest BCUT2D eigenvalue weighted by molar-refractivity contribution is 0.0493. The molecule has 2 aromatic carbocycles. The molecule has 0 aromatic heterocycles. The number of ether oxygens (including phenoxy) is 1. The van der Waals surface area contributed by atoms with Gasteiger partial charge in [0.1, 0.15) is 0 Å². The van der Waals surface area contributed by atoms with Crippen LogP contribution in [0.2, 0.25) is 0 Å². The van der Waals surface area contributed by atoms with E-state index < -0.39 is 6.10 Å². The van der Waals surface area contributed by atoms with E-state index >= 15 is 0 Å². The summed E-state index contributed by atoms with van der Waals surface area (Å²) in [5, 5.41) is 10.8. The first-order valence-electron chi connectivity index (χ1n) is 12.5. The minimum Gasteiger partial charge on any atom is -0.453 e. The molecule has 0 saturated carbocycles. The van der Waals surface area contributed by atoms with Gasteiger partial charge in [-0.15, -0.1) is 0 Å². The van der Waals surface area contributed by atoms with E-state index in [2.05, 4.69) is 40.1 Å². The van der Waals surface area contributed by atoms with Crippen molar-refractivity contribution >= 4 is 17.7 Å². The van der Waals surface area contributed by atoms with E-state index in [9.17, 15) is 14.7 Å². The third-order valence-corrected chi connectivity index (χ3v) is 7.44. The number of β-amino-alcohol motifs (C(OH)–C–C–N with tert-alkyl or cyclic N) is 1. The Morgan fingerprint density at radius 3 is 2.46 bits per heavy atom. The van der Waals surface area contributed by atoms with Gasteiger partial charge < -0.3 is 24.5 Å². The van der Waals surface area contributed by atoms with Crippen molar-refractivity contribution < 1.29 is 19.4 Å². The minimum atomic E-state index is -0.573. The second-order valence-corrected chi connectivity index (χ2v) is 9.69. The summed E-state index contributed by atoms with van der Waals surface area (Å²) in [6.45, 7) is 6.04. The molecule has 3 aliphatic rings. The van der Waals surface area contributed by atoms with E-state index in [1.807, 2.05) is 12.1 Å². The van der Waals surface area contributed by atoms with Crippen LogP contribution in [0, 0.1) is 0 Å². The summed E-state index contributed by atoms with van der Waals surface area (Å²) in [4.78, 5) is 32.9. The molecule has 0 radical (unpaired) electrons. The molecule has 8 nitrogen and oxygen atoms in total. The van der Waals surface area contributed by atoms with Gasteiger partial charge in [0.15, 0.2) is 0 Å². The number of piperazine rings is 1. The number of amides is 2. The molecule has 3 heterocycles. The zero-order valence-corrected chi connectivity index (χ0v) is 20.4. The van der Waals surface area contributed by atoms with Crippen molar-refractivity contribution in [2.75, 3.05) is 64.4 Å². The van der Waals surface area contributed by atoms with Crippen molar-refractivity contribution in [3.05, 3.63) is 64.7 Å². The third-order valence-electron chi connectivity index (χ3n) is 7.44. The number of nitrogens with zero attached hydrogens (tertiary/aromatic N) is 4. The Hall–Kier alpha value is -3.10. The number of carbonyl (C=O) groups excluding carboxylic acids is 2. The average Bonchev–Trinajstić information content (AvgIpc) is 2.89. The zero-order valence-electron chi connectivity index (χ0n) is 20.4. The van der Waals surface area contributed by atoms with E-state index in [-0.39, 0.29) is 12.0 Å². The molecule has 0 aliphatic carbocycles. The summed E-state index contributed by atoms with van der Waals surface area (Å²) >= 11 is 0. The van der Waals surface area contributed by atoms with Crippen LogP contribution in [0.1, 0.15) is 27.0 Å². The van der Waals surface area contributed by atoms with E-state index in [4.69, 9.17) is 4.74 Å². The van der Waals surface area contributed by atoms with Gasteiger partial charge in [0.25, 0.3) is 5.91 Å². The lowest BCUT2D eigenvalue weighted by Gasteiger charge is -2.36. The van der Waals surface area contributed by atoms with Crippen molar-refractivity contribution in [1.29, 1.82) is 0 Å². The summed E-state index contributed by atoms with van der Waals surface area (Å²) in [5.41, 5.74) is 5.59. The van der Waals surface area contributed by atoms with Gasteiger partial charge in [-0.25, -0.2) is 4.79 Å². The molecular formula is C27H34N4O4. The average molecular weight is 479 g/mol. The van der Waals surface area contributed by atoms with E-state index in [1.165, 1.54) is 18.2 Å². The van der Waals surface area contributed by atoms with Gasteiger partial charge in [0, 0.05) is 70.2 Å². The second kappa shape index (κ2) is 10.3. The molecule has 3 aliphatic heterocycles. The maximum atomic E-state index is 13.2. The van der Waals surface area contributed by atoms with Crippen LogP contribution in [-0.2, 0) is 24.1 Å². The van der Waals surface area contributed by atoms with Gasteiger partial charge in [0.05, 0.1) is 13.2 Å². The van der Waals surface area contributed by atoms with Crippen LogP contribution in [0.15, 0.2) is 42.5 Å². The standard InChI is InChI=1S/C27H34N4O4/c1-35-27(34)30-14-12-29(13-15-30)23-6-7-25-21(16-23)9-11-31(26(25)33)19-24(32)18-28-10-8-20-4-2-3-5-22(20)17-28/h2-7,16,24,32H,8-15,17-19H2,1H3/t24-/m1/s1. The highest BCUT2D eigenvalue weighted by Gasteiger charge is 2.28. The van der Waals surface area contributed by atoms with Crippen molar-refractivity contribution in [3.63, 3.8) is 0 Å². The molecule has 1 saturated heterocycles. The molecule has 0 spiro atoms. The maximum Gasteiger partial charge on any atom is 0.409 e. The number of rotatable bonds is 5. The summed E-state index contributed by atoms with van der Waals surface area (Å²) in [6, 6.07) is 14.5. The fourth-order valence-electron chi connectivity index (χ4n) is 5.49. The molecule has 5 rings (SSSR count). The Bertz CT molecular complexity index is 1080. The summed E-state index contributed by atoms with van der Waals surface area (Å²) in [7, 11) is 1.41. The number of hydrogen-bond donors (Lipinski definition) is 1. The highest BCUT2D eigenvalue weighted by atomic mass is 16.5.